The molecule has 1 fully saturated rings. The first-order valence-electron chi connectivity index (χ1n) is 7.84. The number of aromatic nitrogens is 1. The normalized spacial score (nSPS) is 14.8. The Bertz CT molecular complexity index is 626. The Balaban J connectivity index is 2.11. The van der Waals surface area contributed by atoms with Crippen molar-refractivity contribution in [1.29, 1.82) is 0 Å². The molecule has 2 rings (SSSR count). The Labute approximate surface area is 139 Å². The SMILES string of the molecule is COc1cc(C(=O)OC2CCCCC2)cnc1C(=O)NC(=O)CN. The van der Waals surface area contributed by atoms with Gasteiger partial charge >= 0.3 is 5.97 Å². The third-order valence-electron chi connectivity index (χ3n) is 3.79. The van der Waals surface area contributed by atoms with Crippen LogP contribution in [0.15, 0.2) is 12.3 Å². The molecule has 1 aliphatic rings. The van der Waals surface area contributed by atoms with Crippen LogP contribution in [0.4, 0.5) is 0 Å². The maximum absolute atomic E-state index is 12.2. The Morgan fingerprint density at radius 3 is 2.62 bits per heavy atom. The second kappa shape index (κ2) is 8.39. The fourth-order valence-corrected chi connectivity index (χ4v) is 2.52. The molecule has 1 aliphatic carbocycles. The van der Waals surface area contributed by atoms with E-state index in [1.54, 1.807) is 0 Å². The van der Waals surface area contributed by atoms with Crippen LogP contribution in [0, 0.1) is 0 Å². The van der Waals surface area contributed by atoms with E-state index in [1.165, 1.54) is 19.4 Å². The van der Waals surface area contributed by atoms with Gasteiger partial charge in [-0.05, 0) is 31.7 Å². The van der Waals surface area contributed by atoms with Crippen LogP contribution in [0.1, 0.15) is 53.0 Å². The largest absolute Gasteiger partial charge is 0.494 e. The molecule has 8 heteroatoms. The number of pyridine rings is 1. The molecule has 8 nitrogen and oxygen atoms in total. The molecule has 0 atom stereocenters. The molecule has 130 valence electrons. The van der Waals surface area contributed by atoms with Crippen LogP contribution in [0.5, 0.6) is 5.75 Å². The summed E-state index contributed by atoms with van der Waals surface area (Å²) < 4.78 is 10.5. The van der Waals surface area contributed by atoms with E-state index in [0.717, 1.165) is 32.1 Å². The third kappa shape index (κ3) is 4.51. The van der Waals surface area contributed by atoms with Crippen LogP contribution >= 0.6 is 0 Å². The van der Waals surface area contributed by atoms with Crippen molar-refractivity contribution in [1.82, 2.24) is 10.3 Å². The Morgan fingerprint density at radius 1 is 1.29 bits per heavy atom. The van der Waals surface area contributed by atoms with E-state index in [9.17, 15) is 14.4 Å². The molecule has 0 aromatic carbocycles. The first-order valence-corrected chi connectivity index (χ1v) is 7.84. The number of methoxy groups -OCH3 is 1. The molecule has 0 aliphatic heterocycles. The van der Waals surface area contributed by atoms with E-state index in [4.69, 9.17) is 15.2 Å². The van der Waals surface area contributed by atoms with Crippen LogP contribution in [0.2, 0.25) is 0 Å². The number of hydrogen-bond acceptors (Lipinski definition) is 7. The monoisotopic (exact) mass is 335 g/mol. The van der Waals surface area contributed by atoms with Gasteiger partial charge in [0.15, 0.2) is 11.4 Å². The fourth-order valence-electron chi connectivity index (χ4n) is 2.52. The fraction of sp³-hybridized carbons (Fsp3) is 0.500. The van der Waals surface area contributed by atoms with Crippen molar-refractivity contribution in [2.75, 3.05) is 13.7 Å². The standard InChI is InChI=1S/C16H21N3O5/c1-23-12-7-10(16(22)24-11-5-3-2-4-6-11)9-18-14(12)15(21)19-13(20)8-17/h7,9,11H,2-6,8,17H2,1H3,(H,19,20,21). The summed E-state index contributed by atoms with van der Waals surface area (Å²) in [5, 5.41) is 2.07. The Morgan fingerprint density at radius 2 is 2.00 bits per heavy atom. The van der Waals surface area contributed by atoms with Gasteiger partial charge in [-0.1, -0.05) is 6.42 Å². The zero-order valence-electron chi connectivity index (χ0n) is 13.5. The van der Waals surface area contributed by atoms with Crippen molar-refractivity contribution in [2.24, 2.45) is 5.73 Å². The smallest absolute Gasteiger partial charge is 0.340 e. The van der Waals surface area contributed by atoms with Gasteiger partial charge in [-0.15, -0.1) is 0 Å². The maximum atomic E-state index is 12.2. The highest BCUT2D eigenvalue weighted by molar-refractivity contribution is 6.06. The molecule has 0 spiro atoms. The van der Waals surface area contributed by atoms with Crippen molar-refractivity contribution in [3.8, 4) is 5.75 Å². The number of ether oxygens (including phenoxy) is 2. The summed E-state index contributed by atoms with van der Waals surface area (Å²) in [6.45, 7) is -0.320. The molecule has 1 saturated carbocycles. The lowest BCUT2D eigenvalue weighted by atomic mass is 9.98. The molecule has 1 heterocycles. The van der Waals surface area contributed by atoms with Gasteiger partial charge in [0.25, 0.3) is 5.91 Å². The first-order chi connectivity index (χ1) is 11.5. The van der Waals surface area contributed by atoms with Gasteiger partial charge in [0.2, 0.25) is 5.91 Å². The predicted molar refractivity (Wildman–Crippen MR) is 84.6 cm³/mol. The number of nitrogens with one attached hydrogen (secondary N) is 1. The van der Waals surface area contributed by atoms with Gasteiger partial charge in [-0.3, -0.25) is 14.9 Å². The van der Waals surface area contributed by atoms with Crippen LogP contribution < -0.4 is 15.8 Å². The molecule has 0 unspecified atom stereocenters. The van der Waals surface area contributed by atoms with Crippen LogP contribution in [0.25, 0.3) is 0 Å². The number of hydrogen-bond donors (Lipinski definition) is 2. The molecule has 1 aromatic heterocycles. The van der Waals surface area contributed by atoms with Crippen LogP contribution in [-0.4, -0.2) is 42.5 Å². The van der Waals surface area contributed by atoms with E-state index in [0.29, 0.717) is 0 Å². The lowest BCUT2D eigenvalue weighted by Gasteiger charge is -2.21. The number of carbonyl (C=O) groups excluding carboxylic acids is 3. The van der Waals surface area contributed by atoms with E-state index in [-0.39, 0.29) is 29.7 Å². The average molecular weight is 335 g/mol. The highest BCUT2D eigenvalue weighted by atomic mass is 16.5. The number of carbonyl (C=O) groups is 3. The minimum Gasteiger partial charge on any atom is -0.494 e. The highest BCUT2D eigenvalue weighted by Gasteiger charge is 2.22. The molecular formula is C16H21N3O5. The number of esters is 1. The van der Waals surface area contributed by atoms with Gasteiger partial charge in [0.1, 0.15) is 6.10 Å². The van der Waals surface area contributed by atoms with E-state index in [1.807, 2.05) is 0 Å². The second-order valence-corrected chi connectivity index (χ2v) is 5.52. The molecule has 3 N–H and O–H groups in total. The molecule has 0 saturated heterocycles. The molecule has 24 heavy (non-hydrogen) atoms. The van der Waals surface area contributed by atoms with Gasteiger partial charge in [0, 0.05) is 6.20 Å². The summed E-state index contributed by atoms with van der Waals surface area (Å²) >= 11 is 0. The molecule has 2 amide bonds. The Kier molecular flexibility index (Phi) is 6.25. The predicted octanol–water partition coefficient (Wildman–Crippen LogP) is 0.795. The summed E-state index contributed by atoms with van der Waals surface area (Å²) in [4.78, 5) is 39.3. The lowest BCUT2D eigenvalue weighted by molar-refractivity contribution is -0.118. The van der Waals surface area contributed by atoms with Crippen molar-refractivity contribution < 1.29 is 23.9 Å². The van der Waals surface area contributed by atoms with Gasteiger partial charge in [-0.2, -0.15) is 0 Å². The number of rotatable bonds is 5. The minimum absolute atomic E-state index is 0.0791. The first kappa shape index (κ1) is 17.9. The summed E-state index contributed by atoms with van der Waals surface area (Å²) in [5.41, 5.74) is 5.23. The van der Waals surface area contributed by atoms with E-state index < -0.39 is 17.8 Å². The van der Waals surface area contributed by atoms with Crippen molar-refractivity contribution in [3.05, 3.63) is 23.5 Å². The lowest BCUT2D eigenvalue weighted by Crippen LogP contribution is -2.36. The topological polar surface area (TPSA) is 121 Å². The van der Waals surface area contributed by atoms with Gasteiger partial charge in [-0.25, -0.2) is 9.78 Å². The molecular weight excluding hydrogens is 314 g/mol. The summed E-state index contributed by atoms with van der Waals surface area (Å²) in [7, 11) is 1.34. The van der Waals surface area contributed by atoms with Gasteiger partial charge in [0.05, 0.1) is 19.2 Å². The zero-order chi connectivity index (χ0) is 17.5. The van der Waals surface area contributed by atoms with Crippen molar-refractivity contribution in [2.45, 2.75) is 38.2 Å². The molecule has 0 radical (unpaired) electrons. The Hall–Kier alpha value is -2.48. The molecule has 0 bridgehead atoms. The minimum atomic E-state index is -0.741. The second-order valence-electron chi connectivity index (χ2n) is 5.52. The molecule has 1 aromatic rings. The third-order valence-corrected chi connectivity index (χ3v) is 3.79. The summed E-state index contributed by atoms with van der Waals surface area (Å²) in [6, 6.07) is 1.37. The van der Waals surface area contributed by atoms with Gasteiger partial charge < -0.3 is 15.2 Å². The van der Waals surface area contributed by atoms with Crippen LogP contribution in [0.3, 0.4) is 0 Å². The highest BCUT2D eigenvalue weighted by Crippen LogP contribution is 2.23. The maximum Gasteiger partial charge on any atom is 0.340 e. The zero-order valence-corrected chi connectivity index (χ0v) is 13.5. The van der Waals surface area contributed by atoms with Crippen molar-refractivity contribution in [3.63, 3.8) is 0 Å². The van der Waals surface area contributed by atoms with E-state index >= 15 is 0 Å². The number of imide groups is 1. The number of nitrogens with two attached hydrogens (primary N) is 1. The van der Waals surface area contributed by atoms with Crippen molar-refractivity contribution >= 4 is 17.8 Å². The van der Waals surface area contributed by atoms with E-state index in [2.05, 4.69) is 10.3 Å². The quantitative estimate of drug-likeness (QED) is 0.763. The average Bonchev–Trinajstić information content (AvgIpc) is 2.61. The number of amides is 2. The number of nitrogens with zero attached hydrogens (tertiary/aromatic N) is 1. The van der Waals surface area contributed by atoms with Crippen LogP contribution in [-0.2, 0) is 9.53 Å². The summed E-state index contributed by atoms with van der Waals surface area (Å²) in [6.07, 6.45) is 6.13. The summed E-state index contributed by atoms with van der Waals surface area (Å²) in [5.74, 6) is -1.80.